The molecule has 1 fully saturated rings. The molecule has 0 aliphatic carbocycles. The van der Waals surface area contributed by atoms with Crippen LogP contribution in [0.5, 0.6) is 0 Å². The van der Waals surface area contributed by atoms with Crippen molar-refractivity contribution in [3.8, 4) is 0 Å². The third-order valence-corrected chi connectivity index (χ3v) is 3.69. The Labute approximate surface area is 143 Å². The number of likely N-dealkylation sites (N-methyl/N-ethyl adjacent to an activating group) is 1. The second-order valence-electron chi connectivity index (χ2n) is 5.36. The van der Waals surface area contributed by atoms with Crippen LogP contribution in [0.2, 0.25) is 5.02 Å². The van der Waals surface area contributed by atoms with E-state index in [1.807, 2.05) is 0 Å². The summed E-state index contributed by atoms with van der Waals surface area (Å²) in [6, 6.07) is 5.33. The van der Waals surface area contributed by atoms with Gasteiger partial charge in [0, 0.05) is 24.2 Å². The van der Waals surface area contributed by atoms with Gasteiger partial charge in [-0.1, -0.05) is 11.6 Å². The van der Waals surface area contributed by atoms with Crippen molar-refractivity contribution in [2.24, 2.45) is 0 Å². The van der Waals surface area contributed by atoms with Crippen molar-refractivity contribution in [3.63, 3.8) is 0 Å². The van der Waals surface area contributed by atoms with Gasteiger partial charge in [0.1, 0.15) is 6.04 Å². The Morgan fingerprint density at radius 2 is 1.92 bits per heavy atom. The number of nitrogens with one attached hydrogen (secondary N) is 3. The monoisotopic (exact) mass is 352 g/mol. The molecule has 0 aromatic heterocycles. The Morgan fingerprint density at radius 3 is 2.50 bits per heavy atom. The molecule has 8 nitrogen and oxygen atoms in total. The van der Waals surface area contributed by atoms with E-state index >= 15 is 0 Å². The van der Waals surface area contributed by atoms with Crippen molar-refractivity contribution >= 4 is 41.0 Å². The van der Waals surface area contributed by atoms with Gasteiger partial charge in [0.2, 0.25) is 11.8 Å². The van der Waals surface area contributed by atoms with Crippen molar-refractivity contribution < 1.29 is 19.2 Å². The molecule has 0 saturated carbocycles. The molecular formula is C15H17ClN4O4. The van der Waals surface area contributed by atoms with E-state index in [9.17, 15) is 19.2 Å². The van der Waals surface area contributed by atoms with E-state index in [1.54, 1.807) is 24.3 Å². The molecule has 0 unspecified atom stereocenters. The number of rotatable bonds is 6. The van der Waals surface area contributed by atoms with Crippen LogP contribution in [-0.2, 0) is 14.4 Å². The van der Waals surface area contributed by atoms with Crippen LogP contribution < -0.4 is 16.0 Å². The van der Waals surface area contributed by atoms with Gasteiger partial charge in [-0.25, -0.2) is 4.79 Å². The van der Waals surface area contributed by atoms with E-state index in [2.05, 4.69) is 16.0 Å². The van der Waals surface area contributed by atoms with Crippen LogP contribution in [0.15, 0.2) is 24.3 Å². The number of urea groups is 1. The topological polar surface area (TPSA) is 108 Å². The first-order chi connectivity index (χ1) is 11.3. The van der Waals surface area contributed by atoms with Crippen LogP contribution in [0.3, 0.4) is 0 Å². The summed E-state index contributed by atoms with van der Waals surface area (Å²) in [6.07, 6.45) is 0.225. The Balaban J connectivity index is 1.76. The van der Waals surface area contributed by atoms with Gasteiger partial charge in [-0.15, -0.1) is 0 Å². The number of anilines is 1. The molecule has 1 heterocycles. The number of imide groups is 1. The largest absolute Gasteiger partial charge is 0.336 e. The number of halogens is 1. The third kappa shape index (κ3) is 4.95. The fourth-order valence-corrected chi connectivity index (χ4v) is 2.28. The quantitative estimate of drug-likeness (QED) is 0.656. The molecule has 1 aliphatic heterocycles. The maximum atomic E-state index is 12.0. The van der Waals surface area contributed by atoms with E-state index in [0.717, 1.165) is 0 Å². The number of carbonyl (C=O) groups excluding carboxylic acids is 4. The van der Waals surface area contributed by atoms with Crippen molar-refractivity contribution in [2.45, 2.75) is 18.9 Å². The minimum absolute atomic E-state index is 0.0447. The third-order valence-electron chi connectivity index (χ3n) is 3.44. The number of hydrogen-bond acceptors (Lipinski definition) is 4. The van der Waals surface area contributed by atoms with Gasteiger partial charge < -0.3 is 15.5 Å². The Bertz CT molecular complexity index is 662. The zero-order valence-electron chi connectivity index (χ0n) is 13.0. The maximum Gasteiger partial charge on any atom is 0.322 e. The first kappa shape index (κ1) is 17.7. The molecule has 1 aromatic rings. The summed E-state index contributed by atoms with van der Waals surface area (Å²) in [5, 5.41) is 7.72. The highest BCUT2D eigenvalue weighted by molar-refractivity contribution is 6.30. The highest BCUT2D eigenvalue weighted by Crippen LogP contribution is 2.13. The molecule has 24 heavy (non-hydrogen) atoms. The molecule has 0 radical (unpaired) electrons. The summed E-state index contributed by atoms with van der Waals surface area (Å²) in [6.45, 7) is -0.120. The van der Waals surface area contributed by atoms with Crippen LogP contribution in [0, 0.1) is 0 Å². The van der Waals surface area contributed by atoms with E-state index in [0.29, 0.717) is 10.7 Å². The number of amides is 5. The Morgan fingerprint density at radius 1 is 1.25 bits per heavy atom. The summed E-state index contributed by atoms with van der Waals surface area (Å²) in [5.74, 6) is -1.09. The maximum absolute atomic E-state index is 12.0. The lowest BCUT2D eigenvalue weighted by molar-refractivity contribution is -0.133. The van der Waals surface area contributed by atoms with Crippen molar-refractivity contribution in [1.82, 2.24) is 15.5 Å². The van der Waals surface area contributed by atoms with Gasteiger partial charge in [0.15, 0.2) is 0 Å². The lowest BCUT2D eigenvalue weighted by Crippen LogP contribution is -2.36. The van der Waals surface area contributed by atoms with Gasteiger partial charge in [-0.2, -0.15) is 0 Å². The fourth-order valence-electron chi connectivity index (χ4n) is 2.16. The molecule has 1 atom stereocenters. The molecule has 3 N–H and O–H groups in total. The second kappa shape index (κ2) is 7.78. The summed E-state index contributed by atoms with van der Waals surface area (Å²) >= 11 is 5.76. The molecule has 5 amide bonds. The van der Waals surface area contributed by atoms with E-state index < -0.39 is 18.0 Å². The van der Waals surface area contributed by atoms with Crippen molar-refractivity contribution in [2.75, 3.05) is 18.9 Å². The summed E-state index contributed by atoms with van der Waals surface area (Å²) in [4.78, 5) is 47.5. The first-order valence-electron chi connectivity index (χ1n) is 7.26. The zero-order chi connectivity index (χ0) is 17.7. The lowest BCUT2D eigenvalue weighted by Gasteiger charge is -2.17. The minimum Gasteiger partial charge on any atom is -0.336 e. The number of nitrogens with zero attached hydrogens (tertiary/aromatic N) is 1. The molecule has 2 rings (SSSR count). The Kier molecular flexibility index (Phi) is 5.75. The van der Waals surface area contributed by atoms with Crippen LogP contribution in [-0.4, -0.2) is 48.3 Å². The first-order valence-corrected chi connectivity index (χ1v) is 7.63. The Hall–Kier alpha value is -2.61. The van der Waals surface area contributed by atoms with Crippen LogP contribution >= 0.6 is 11.6 Å². The average molecular weight is 353 g/mol. The molecule has 1 saturated heterocycles. The van der Waals surface area contributed by atoms with E-state index in [-0.39, 0.29) is 31.2 Å². The smallest absolute Gasteiger partial charge is 0.322 e. The van der Waals surface area contributed by atoms with Crippen molar-refractivity contribution in [3.05, 3.63) is 29.3 Å². The normalized spacial score (nSPS) is 16.3. The standard InChI is InChI=1S/C15H17ClN4O4/c1-20(8-12(21)17-10-4-2-9(16)3-5-10)13(22)7-6-11-14(23)19-15(24)18-11/h2-5,11H,6-8H2,1H3,(H,17,21)(H2,18,19,23,24)/t11-/m1/s1. The molecule has 1 aromatic carbocycles. The minimum atomic E-state index is -0.710. The average Bonchev–Trinajstić information content (AvgIpc) is 2.84. The molecule has 9 heteroatoms. The van der Waals surface area contributed by atoms with Crippen molar-refractivity contribution in [1.29, 1.82) is 0 Å². The predicted octanol–water partition coefficient (Wildman–Crippen LogP) is 0.725. The number of carbonyl (C=O) groups is 4. The summed E-state index contributed by atoms with van der Waals surface area (Å²) in [7, 11) is 1.50. The van der Waals surface area contributed by atoms with E-state index in [1.165, 1.54) is 11.9 Å². The van der Waals surface area contributed by atoms with Gasteiger partial charge >= 0.3 is 6.03 Å². The van der Waals surface area contributed by atoms with Gasteiger partial charge in [0.05, 0.1) is 6.54 Å². The highest BCUT2D eigenvalue weighted by atomic mass is 35.5. The molecule has 0 spiro atoms. The summed E-state index contributed by atoms with van der Waals surface area (Å²) < 4.78 is 0. The predicted molar refractivity (Wildman–Crippen MR) is 87.4 cm³/mol. The van der Waals surface area contributed by atoms with E-state index in [4.69, 9.17) is 11.6 Å². The van der Waals surface area contributed by atoms with Gasteiger partial charge in [0.25, 0.3) is 5.91 Å². The lowest BCUT2D eigenvalue weighted by atomic mass is 10.1. The van der Waals surface area contributed by atoms with Gasteiger partial charge in [-0.3, -0.25) is 19.7 Å². The molecular weight excluding hydrogens is 336 g/mol. The van der Waals surface area contributed by atoms with Crippen LogP contribution in [0.25, 0.3) is 0 Å². The second-order valence-corrected chi connectivity index (χ2v) is 5.80. The van der Waals surface area contributed by atoms with Crippen LogP contribution in [0.1, 0.15) is 12.8 Å². The SMILES string of the molecule is CN(CC(=O)Nc1ccc(Cl)cc1)C(=O)CC[C@H]1NC(=O)NC1=O. The van der Waals surface area contributed by atoms with Crippen LogP contribution in [0.4, 0.5) is 10.5 Å². The highest BCUT2D eigenvalue weighted by Gasteiger charge is 2.29. The van der Waals surface area contributed by atoms with Gasteiger partial charge in [-0.05, 0) is 30.7 Å². The summed E-state index contributed by atoms with van der Waals surface area (Å²) in [5.41, 5.74) is 0.579. The molecule has 128 valence electrons. The molecule has 1 aliphatic rings. The number of hydrogen-bond donors (Lipinski definition) is 3. The fraction of sp³-hybridized carbons (Fsp3) is 0.333. The number of benzene rings is 1. The zero-order valence-corrected chi connectivity index (χ0v) is 13.7. The molecule has 0 bridgehead atoms.